The Labute approximate surface area is 120 Å². The van der Waals surface area contributed by atoms with Gasteiger partial charge in [-0.05, 0) is 12.1 Å². The van der Waals surface area contributed by atoms with Crippen molar-refractivity contribution < 1.29 is 4.74 Å². The number of aromatic nitrogens is 3. The van der Waals surface area contributed by atoms with E-state index in [4.69, 9.17) is 16.3 Å². The maximum absolute atomic E-state index is 11.9. The zero-order chi connectivity index (χ0) is 13.9. The molecule has 104 valence electrons. The summed E-state index contributed by atoms with van der Waals surface area (Å²) >= 11 is 6.08. The molecule has 1 saturated heterocycles. The molecular weight excluding hydrogens is 280 g/mol. The van der Waals surface area contributed by atoms with Gasteiger partial charge in [0.15, 0.2) is 0 Å². The second-order valence-electron chi connectivity index (χ2n) is 4.52. The zero-order valence-corrected chi connectivity index (χ0v) is 11.3. The number of halogens is 1. The van der Waals surface area contributed by atoms with Crippen LogP contribution in [0.1, 0.15) is 6.04 Å². The monoisotopic (exact) mass is 292 g/mol. The molecule has 3 rings (SSSR count). The Kier molecular flexibility index (Phi) is 3.66. The third-order valence-electron chi connectivity index (χ3n) is 3.22. The van der Waals surface area contributed by atoms with E-state index in [0.29, 0.717) is 18.2 Å². The van der Waals surface area contributed by atoms with Crippen LogP contribution >= 0.6 is 11.6 Å². The topological polar surface area (TPSA) is 69.0 Å². The maximum Gasteiger partial charge on any atom is 0.267 e. The third-order valence-corrected chi connectivity index (χ3v) is 3.52. The highest BCUT2D eigenvalue weighted by Gasteiger charge is 2.31. The van der Waals surface area contributed by atoms with Gasteiger partial charge >= 0.3 is 0 Å². The molecule has 2 aromatic heterocycles. The zero-order valence-electron chi connectivity index (χ0n) is 10.6. The van der Waals surface area contributed by atoms with Gasteiger partial charge in [-0.2, -0.15) is 5.10 Å². The third kappa shape index (κ3) is 2.52. The van der Waals surface area contributed by atoms with Gasteiger partial charge in [-0.3, -0.25) is 9.78 Å². The van der Waals surface area contributed by atoms with Gasteiger partial charge in [0.2, 0.25) is 0 Å². The minimum atomic E-state index is -0.159. The Morgan fingerprint density at radius 3 is 3.05 bits per heavy atom. The number of anilines is 1. The first-order valence-corrected chi connectivity index (χ1v) is 6.61. The molecule has 2 atom stereocenters. The summed E-state index contributed by atoms with van der Waals surface area (Å²) < 4.78 is 6.91. The number of rotatable bonds is 3. The van der Waals surface area contributed by atoms with E-state index in [1.807, 2.05) is 0 Å². The molecule has 1 aliphatic rings. The van der Waals surface area contributed by atoms with Crippen LogP contribution in [0.25, 0.3) is 0 Å². The van der Waals surface area contributed by atoms with E-state index in [1.54, 1.807) is 30.7 Å². The lowest BCUT2D eigenvalue weighted by molar-refractivity contribution is 0.183. The molecular formula is C13H13ClN4O2. The van der Waals surface area contributed by atoms with Crippen molar-refractivity contribution in [2.45, 2.75) is 12.1 Å². The number of nitrogens with zero attached hydrogens (tertiary/aromatic N) is 3. The molecule has 0 spiro atoms. The quantitative estimate of drug-likeness (QED) is 0.924. The van der Waals surface area contributed by atoms with Crippen molar-refractivity contribution in [2.75, 3.05) is 18.5 Å². The fraction of sp³-hybridized carbons (Fsp3) is 0.308. The molecule has 6 nitrogen and oxygen atoms in total. The van der Waals surface area contributed by atoms with Crippen molar-refractivity contribution in [3.63, 3.8) is 0 Å². The van der Waals surface area contributed by atoms with Crippen molar-refractivity contribution >= 4 is 17.3 Å². The number of hydrogen-bond donors (Lipinski definition) is 1. The smallest absolute Gasteiger partial charge is 0.267 e. The number of hydrogen-bond acceptors (Lipinski definition) is 5. The lowest BCUT2D eigenvalue weighted by Crippen LogP contribution is -2.36. The van der Waals surface area contributed by atoms with E-state index in [0.717, 1.165) is 5.69 Å². The normalized spacial score (nSPS) is 21.9. The molecule has 3 heterocycles. The average molecular weight is 293 g/mol. The Bertz CT molecular complexity index is 661. The molecule has 0 radical (unpaired) electrons. The fourth-order valence-electron chi connectivity index (χ4n) is 2.23. The highest BCUT2D eigenvalue weighted by Crippen LogP contribution is 2.25. The van der Waals surface area contributed by atoms with Gasteiger partial charge in [0.25, 0.3) is 5.56 Å². The minimum Gasteiger partial charge on any atom is -0.377 e. The molecule has 0 amide bonds. The summed E-state index contributed by atoms with van der Waals surface area (Å²) in [6.45, 7) is 0.934. The fourth-order valence-corrected chi connectivity index (χ4v) is 2.41. The van der Waals surface area contributed by atoms with E-state index >= 15 is 0 Å². The summed E-state index contributed by atoms with van der Waals surface area (Å²) in [5.41, 5.74) is 0.627. The van der Waals surface area contributed by atoms with Gasteiger partial charge in [0.05, 0.1) is 30.0 Å². The molecule has 0 bridgehead atoms. The molecule has 0 aliphatic carbocycles. The summed E-state index contributed by atoms with van der Waals surface area (Å²) in [6, 6.07) is 4.67. The van der Waals surface area contributed by atoms with Crippen molar-refractivity contribution in [2.24, 2.45) is 0 Å². The van der Waals surface area contributed by atoms with Crippen LogP contribution in [0.2, 0.25) is 5.02 Å². The summed E-state index contributed by atoms with van der Waals surface area (Å²) in [4.78, 5) is 15.8. The molecule has 2 unspecified atom stereocenters. The second kappa shape index (κ2) is 5.60. The molecule has 20 heavy (non-hydrogen) atoms. The van der Waals surface area contributed by atoms with Crippen molar-refractivity contribution in [3.8, 4) is 0 Å². The van der Waals surface area contributed by atoms with Gasteiger partial charge in [-0.15, -0.1) is 0 Å². The lowest BCUT2D eigenvalue weighted by atomic mass is 10.1. The highest BCUT2D eigenvalue weighted by molar-refractivity contribution is 6.33. The number of ether oxygens (including phenoxy) is 1. The SMILES string of the molecule is O=c1cccnn1C1COCC1Nc1ccncc1Cl. The van der Waals surface area contributed by atoms with Crippen molar-refractivity contribution in [3.05, 3.63) is 52.2 Å². The Hall–Kier alpha value is -1.92. The molecule has 2 aromatic rings. The minimum absolute atomic E-state index is 0.0671. The first-order chi connectivity index (χ1) is 9.75. The van der Waals surface area contributed by atoms with E-state index in [2.05, 4.69) is 15.4 Å². The van der Waals surface area contributed by atoms with Crippen LogP contribution in [0.5, 0.6) is 0 Å². The largest absolute Gasteiger partial charge is 0.377 e. The summed E-state index contributed by atoms with van der Waals surface area (Å²) in [6.07, 6.45) is 4.82. The van der Waals surface area contributed by atoms with Gasteiger partial charge in [-0.1, -0.05) is 11.6 Å². The van der Waals surface area contributed by atoms with Crippen LogP contribution in [-0.2, 0) is 4.74 Å². The Morgan fingerprint density at radius 1 is 1.35 bits per heavy atom. The summed E-state index contributed by atoms with van der Waals surface area (Å²) in [5, 5.41) is 7.94. The van der Waals surface area contributed by atoms with Crippen LogP contribution < -0.4 is 10.9 Å². The molecule has 1 fully saturated rings. The second-order valence-corrected chi connectivity index (χ2v) is 4.92. The lowest BCUT2D eigenvalue weighted by Gasteiger charge is -2.21. The predicted octanol–water partition coefficient (Wildman–Crippen LogP) is 1.34. The standard InChI is InChI=1S/C13H13ClN4O2/c14-9-6-15-5-3-10(9)17-11-7-20-8-12(11)18-13(19)2-1-4-16-18/h1-6,11-12H,7-8H2,(H,15,17). The van der Waals surface area contributed by atoms with Gasteiger partial charge in [0, 0.05) is 24.7 Å². The predicted molar refractivity (Wildman–Crippen MR) is 75.0 cm³/mol. The van der Waals surface area contributed by atoms with Crippen molar-refractivity contribution in [1.82, 2.24) is 14.8 Å². The van der Waals surface area contributed by atoms with Crippen molar-refractivity contribution in [1.29, 1.82) is 0 Å². The summed E-state index contributed by atoms with van der Waals surface area (Å²) in [5.74, 6) is 0. The van der Waals surface area contributed by atoms with Gasteiger partial charge in [-0.25, -0.2) is 4.68 Å². The molecule has 7 heteroatoms. The number of pyridine rings is 1. The number of nitrogens with one attached hydrogen (secondary N) is 1. The van der Waals surface area contributed by atoms with Crippen LogP contribution in [0.4, 0.5) is 5.69 Å². The van der Waals surface area contributed by atoms with Crippen LogP contribution in [0.3, 0.4) is 0 Å². The van der Waals surface area contributed by atoms with E-state index in [9.17, 15) is 4.79 Å². The van der Waals surface area contributed by atoms with E-state index in [-0.39, 0.29) is 17.6 Å². The van der Waals surface area contributed by atoms with Crippen LogP contribution in [-0.4, -0.2) is 34.0 Å². The Morgan fingerprint density at radius 2 is 2.25 bits per heavy atom. The van der Waals surface area contributed by atoms with E-state index in [1.165, 1.54) is 10.7 Å². The first-order valence-electron chi connectivity index (χ1n) is 6.23. The van der Waals surface area contributed by atoms with Gasteiger partial charge in [0.1, 0.15) is 6.04 Å². The van der Waals surface area contributed by atoms with Crippen LogP contribution in [0, 0.1) is 0 Å². The van der Waals surface area contributed by atoms with Gasteiger partial charge < -0.3 is 10.1 Å². The Balaban J connectivity index is 1.85. The molecule has 1 N–H and O–H groups in total. The molecule has 0 aromatic carbocycles. The summed E-state index contributed by atoms with van der Waals surface area (Å²) in [7, 11) is 0. The highest BCUT2D eigenvalue weighted by atomic mass is 35.5. The maximum atomic E-state index is 11.9. The molecule has 0 saturated carbocycles. The average Bonchev–Trinajstić information content (AvgIpc) is 2.90. The van der Waals surface area contributed by atoms with E-state index < -0.39 is 0 Å². The first kappa shape index (κ1) is 13.1. The van der Waals surface area contributed by atoms with Crippen LogP contribution in [0.15, 0.2) is 41.6 Å². The molecule has 1 aliphatic heterocycles.